The van der Waals surface area contributed by atoms with Crippen molar-refractivity contribution in [1.29, 1.82) is 0 Å². The fourth-order valence-corrected chi connectivity index (χ4v) is 20.1. The average molecular weight is 1980 g/mol. The van der Waals surface area contributed by atoms with Gasteiger partial charge in [-0.3, -0.25) is 0 Å². The highest BCUT2D eigenvalue weighted by Gasteiger charge is 2.45. The number of halogens is 1. The highest BCUT2D eigenvalue weighted by Crippen LogP contribution is 2.33. The molecular formula is C101H201ClO24Si5. The van der Waals surface area contributed by atoms with E-state index in [9.17, 15) is 0 Å². The maximum atomic E-state index is 9.02. The Kier molecular flexibility index (Phi) is 92.6. The lowest BCUT2D eigenvalue weighted by Gasteiger charge is -2.28. The van der Waals surface area contributed by atoms with Crippen LogP contribution in [0.25, 0.3) is 0 Å². The first-order valence-electron chi connectivity index (χ1n) is 41.0. The third kappa shape index (κ3) is 60.2. The minimum atomic E-state index is -2.85. The first-order valence-corrected chi connectivity index (χ1v) is 50.3. The van der Waals surface area contributed by atoms with Gasteiger partial charge in [0, 0.05) is 147 Å². The minimum Gasteiger partial charge on any atom is -0.508 e. The van der Waals surface area contributed by atoms with E-state index in [0.717, 1.165) is 43.9 Å². The van der Waals surface area contributed by atoms with Gasteiger partial charge in [0.05, 0.1) is 34.0 Å². The Morgan fingerprint density at radius 3 is 0.817 bits per heavy atom. The molecule has 0 aliphatic rings. The summed E-state index contributed by atoms with van der Waals surface area (Å²) in [7, 11) is 7.31. The smallest absolute Gasteiger partial charge is 0.508 e. The predicted molar refractivity (Wildman–Crippen MR) is 569 cm³/mol. The molecule has 131 heavy (non-hydrogen) atoms. The van der Waals surface area contributed by atoms with Crippen LogP contribution in [0.15, 0.2) is 133 Å². The number of benzene rings is 6. The first kappa shape index (κ1) is 154. The molecule has 1 atom stereocenters. The van der Waals surface area contributed by atoms with Crippen LogP contribution in [0, 0.1) is 10.8 Å². The Morgan fingerprint density at radius 2 is 0.588 bits per heavy atom. The second-order valence-electron chi connectivity index (χ2n) is 32.7. The van der Waals surface area contributed by atoms with Crippen LogP contribution in [0.1, 0.15) is 268 Å². The molecule has 24 nitrogen and oxygen atoms in total. The quantitative estimate of drug-likeness (QED) is 0.0279. The number of ether oxygens (including phenoxy) is 8. The van der Waals surface area contributed by atoms with Gasteiger partial charge in [0.1, 0.15) is 11.5 Å². The van der Waals surface area contributed by atoms with Crippen LogP contribution in [-0.4, -0.2) is 207 Å². The van der Waals surface area contributed by atoms with E-state index in [1.807, 2.05) is 159 Å². The first-order chi connectivity index (χ1) is 56.2. The Labute approximate surface area is 817 Å². The van der Waals surface area contributed by atoms with Gasteiger partial charge in [0.15, 0.2) is 35.5 Å². The zero-order valence-electron chi connectivity index (χ0n) is 81.3. The fraction of sp³-hybridized carbons (Fsp3) is 0.644. The number of phenolic OH excluding ortho intramolecular Hbond substituents is 1. The second-order valence-corrected chi connectivity index (χ2v) is 46.6. The minimum absolute atomic E-state index is 0. The summed E-state index contributed by atoms with van der Waals surface area (Å²) in [5, 5.41) is 11.6. The highest BCUT2D eigenvalue weighted by atomic mass is 35.5. The number of rotatable bonds is 39. The standard InChI is InChI=1S/C16H28O6Si.C14H22O3.C14H22.C13H22O5Si.C12H22O6Si2.C10H14O.C7H18O3Si.C5H12.10CH4.ClH/c1-6-20-23(21-7-2,22-8-3)13-19-15-10-9-14(12-17-4)11-16(15)18-5;1-14(2,3)10-17-12-7-6-11(9-15-4)8-13(12)16-5;1-13(2,3)11-7-9-12(10-8-11)14(4,5)6;1-6-17-11(2)18-12-7-9-13(10-8-12)19(14-3,15-4)16-5;1-13-19(14-2,15-3)11-7-9-12(10-8-11)20(16-4,17-5)18-6;1-10(2,3)8-4-6-9(11)7-5-8;1-5-8-11(4,9-6-2)10-7-3;1-5(2,3)4;;;;;;;;;;;/h9-11H,6-8,12-13H2,1-5H3;6-8H,9-10H2,1-5H3;7-10H,1-6H3;7-11H,6H2,1-5H3;7-10H,1-6H3;4-7,11H,1-3H3;5-7H2,1-4H3;1-4H3;10*1H4;1H. The van der Waals surface area contributed by atoms with Crippen molar-refractivity contribution in [2.75, 3.05) is 152 Å². The van der Waals surface area contributed by atoms with Gasteiger partial charge in [-0.05, 0) is 159 Å². The summed E-state index contributed by atoms with van der Waals surface area (Å²) in [6, 6.07) is 42.9. The summed E-state index contributed by atoms with van der Waals surface area (Å²) in [6.07, 6.45) is -0.0344. The maximum Gasteiger partial charge on any atom is 0.540 e. The van der Waals surface area contributed by atoms with Crippen molar-refractivity contribution >= 4 is 72.0 Å². The van der Waals surface area contributed by atoms with Gasteiger partial charge >= 0.3 is 44.0 Å². The van der Waals surface area contributed by atoms with Gasteiger partial charge in [-0.1, -0.05) is 270 Å². The molecule has 0 amide bonds. The molecule has 30 heteroatoms. The number of hydrogen-bond acceptors (Lipinski definition) is 24. The van der Waals surface area contributed by atoms with Gasteiger partial charge in [-0.2, -0.15) is 0 Å². The van der Waals surface area contributed by atoms with Crippen LogP contribution in [0.3, 0.4) is 0 Å². The van der Waals surface area contributed by atoms with Gasteiger partial charge in [0.2, 0.25) is 0 Å². The summed E-state index contributed by atoms with van der Waals surface area (Å²) in [6.45, 7) is 58.3. The van der Waals surface area contributed by atoms with Crippen LogP contribution in [0.5, 0.6) is 34.5 Å². The van der Waals surface area contributed by atoms with Crippen molar-refractivity contribution in [3.8, 4) is 34.5 Å². The monoisotopic (exact) mass is 1970 g/mol. The van der Waals surface area contributed by atoms with Crippen LogP contribution >= 0.6 is 12.4 Å². The van der Waals surface area contributed by atoms with Crippen molar-refractivity contribution in [3.63, 3.8) is 0 Å². The van der Waals surface area contributed by atoms with Crippen molar-refractivity contribution < 1.29 is 109 Å². The van der Waals surface area contributed by atoms with Gasteiger partial charge in [-0.25, -0.2) is 0 Å². The zero-order valence-corrected chi connectivity index (χ0v) is 87.1. The van der Waals surface area contributed by atoms with Gasteiger partial charge in [-0.15, -0.1) is 12.4 Å². The molecule has 776 valence electrons. The summed E-state index contributed by atoms with van der Waals surface area (Å²) in [5.74, 6) is 3.87. The van der Waals surface area contributed by atoms with E-state index >= 15 is 0 Å². The molecule has 0 radical (unpaired) electrons. The Balaban J connectivity index is -0.000000111. The van der Waals surface area contributed by atoms with Gasteiger partial charge < -0.3 is 109 Å². The summed E-state index contributed by atoms with van der Waals surface area (Å²) < 4.78 is 126. The molecule has 0 spiro atoms. The van der Waals surface area contributed by atoms with E-state index in [2.05, 4.69) is 135 Å². The number of phenols is 1. The van der Waals surface area contributed by atoms with E-state index in [0.29, 0.717) is 88.7 Å². The van der Waals surface area contributed by atoms with Gasteiger partial charge in [0.25, 0.3) is 0 Å². The molecule has 6 rings (SSSR count). The van der Waals surface area contributed by atoms with Crippen LogP contribution in [0.2, 0.25) is 6.55 Å². The number of aromatic hydroxyl groups is 1. The molecule has 0 aliphatic heterocycles. The van der Waals surface area contributed by atoms with Crippen molar-refractivity contribution in [2.24, 2.45) is 10.8 Å². The Hall–Kier alpha value is -5.23. The Morgan fingerprint density at radius 1 is 0.328 bits per heavy atom. The van der Waals surface area contributed by atoms with E-state index in [1.54, 1.807) is 105 Å². The zero-order chi connectivity index (χ0) is 92.3. The lowest BCUT2D eigenvalue weighted by molar-refractivity contribution is -0.0613. The highest BCUT2D eigenvalue weighted by molar-refractivity contribution is 6.77. The van der Waals surface area contributed by atoms with Crippen LogP contribution in [-0.2, 0) is 110 Å². The van der Waals surface area contributed by atoms with Crippen molar-refractivity contribution in [2.45, 2.75) is 283 Å². The fourth-order valence-electron chi connectivity index (χ4n) is 10.8. The molecule has 0 fully saturated rings. The Bertz CT molecular complexity index is 3430. The molecule has 0 saturated heterocycles. The number of hydrogen-bond donors (Lipinski definition) is 1. The molecule has 0 aromatic heterocycles. The van der Waals surface area contributed by atoms with Crippen molar-refractivity contribution in [3.05, 3.63) is 161 Å². The van der Waals surface area contributed by atoms with E-state index in [1.165, 1.54) is 16.7 Å². The molecule has 0 heterocycles. The summed E-state index contributed by atoms with van der Waals surface area (Å²) in [4.78, 5) is 0. The normalized spacial score (nSPS) is 11.2. The van der Waals surface area contributed by atoms with E-state index < -0.39 is 44.0 Å². The largest absolute Gasteiger partial charge is 0.540 e. The van der Waals surface area contributed by atoms with Crippen LogP contribution < -0.4 is 39.2 Å². The predicted octanol–water partition coefficient (Wildman–Crippen LogP) is 24.9. The lowest BCUT2D eigenvalue weighted by Crippen LogP contribution is -2.57. The van der Waals surface area contributed by atoms with E-state index in [4.69, 9.17) is 109 Å². The molecule has 0 bridgehead atoms. The third-order valence-electron chi connectivity index (χ3n) is 16.7. The molecule has 0 saturated carbocycles. The summed E-state index contributed by atoms with van der Waals surface area (Å²) >= 11 is 0. The molecule has 1 N–H and O–H groups in total. The SMILES string of the molecule is C.C.C.C.C.C.C.C.C.C.CC(C)(C)C.CC(C)(C)c1ccc(C(C)(C)C)cc1.CC(C)(C)c1ccc(O)cc1.CCOC(C)Oc1ccc([Si](OC)(OC)OC)cc1.CCO[Si](C)(OCC)OCC.CCO[Si](COc1ccc(COC)cc1OC)(OCC)OCC.COCc1ccc(OCC(C)(C)C)c(OC)c1.CO[Si](OC)(OC)c1ccc([Si](OC)(OC)OC)cc1.Cl. The molecule has 0 aliphatic carbocycles. The second kappa shape index (κ2) is 78.8. The third-order valence-corrected chi connectivity index (χ3v) is 29.8. The van der Waals surface area contributed by atoms with E-state index in [-0.39, 0.29) is 121 Å². The molecule has 6 aromatic rings. The molecular weight excluding hydrogens is 1770 g/mol. The maximum absolute atomic E-state index is 9.02. The molecule has 1 unspecified atom stereocenters. The molecule has 6 aromatic carbocycles. The topological polar surface area (TPSA) is 233 Å². The number of methoxy groups -OCH3 is 4. The lowest BCUT2D eigenvalue weighted by atomic mass is 9.82. The van der Waals surface area contributed by atoms with Crippen LogP contribution in [0.4, 0.5) is 0 Å². The summed E-state index contributed by atoms with van der Waals surface area (Å²) in [5.41, 5.74) is 7.48. The van der Waals surface area contributed by atoms with Crippen molar-refractivity contribution in [1.82, 2.24) is 0 Å². The average Bonchev–Trinajstić information content (AvgIpc) is 0.789.